The number of rotatable bonds is 3. The average molecular weight is 238 g/mol. The molecule has 1 heterocycles. The van der Waals surface area contributed by atoms with Crippen molar-refractivity contribution in [3.8, 4) is 0 Å². The highest BCUT2D eigenvalue weighted by Crippen LogP contribution is 2.15. The summed E-state index contributed by atoms with van der Waals surface area (Å²) in [5, 5.41) is 2.66. The fraction of sp³-hybridized carbons (Fsp3) is 0.273. The number of anilines is 1. The summed E-state index contributed by atoms with van der Waals surface area (Å²) in [7, 11) is 0. The number of nitrogens with zero attached hydrogens (tertiary/aromatic N) is 1. The SMILES string of the molecule is Cc1ccc2nc(NC(=O)CCCl)[nH]c2c1. The van der Waals surface area contributed by atoms with Crippen molar-refractivity contribution in [3.05, 3.63) is 23.8 Å². The number of halogens is 1. The Hall–Kier alpha value is -1.55. The van der Waals surface area contributed by atoms with Crippen molar-refractivity contribution < 1.29 is 4.79 Å². The molecule has 0 bridgehead atoms. The van der Waals surface area contributed by atoms with Crippen molar-refractivity contribution in [1.82, 2.24) is 9.97 Å². The molecule has 0 saturated carbocycles. The quantitative estimate of drug-likeness (QED) is 0.806. The number of hydrogen-bond acceptors (Lipinski definition) is 2. The molecule has 0 aliphatic heterocycles. The zero-order chi connectivity index (χ0) is 11.5. The zero-order valence-electron chi connectivity index (χ0n) is 8.88. The van der Waals surface area contributed by atoms with Gasteiger partial charge in [-0.25, -0.2) is 4.98 Å². The smallest absolute Gasteiger partial charge is 0.227 e. The first-order valence-electron chi connectivity index (χ1n) is 5.01. The van der Waals surface area contributed by atoms with Crippen LogP contribution in [0, 0.1) is 6.92 Å². The summed E-state index contributed by atoms with van der Waals surface area (Å²) in [6.45, 7) is 2.01. The number of aromatic amines is 1. The fourth-order valence-electron chi connectivity index (χ4n) is 1.46. The van der Waals surface area contributed by atoms with E-state index in [1.807, 2.05) is 25.1 Å². The number of aromatic nitrogens is 2. The van der Waals surface area contributed by atoms with Crippen LogP contribution >= 0.6 is 11.6 Å². The van der Waals surface area contributed by atoms with E-state index in [9.17, 15) is 4.79 Å². The van der Waals surface area contributed by atoms with Crippen molar-refractivity contribution in [3.63, 3.8) is 0 Å². The molecule has 0 atom stereocenters. The van der Waals surface area contributed by atoms with Crippen LogP contribution in [0.25, 0.3) is 11.0 Å². The third-order valence-electron chi connectivity index (χ3n) is 2.22. The van der Waals surface area contributed by atoms with E-state index in [-0.39, 0.29) is 12.3 Å². The minimum Gasteiger partial charge on any atom is -0.324 e. The van der Waals surface area contributed by atoms with Gasteiger partial charge in [0.05, 0.1) is 11.0 Å². The molecular formula is C11H12ClN3O. The standard InChI is InChI=1S/C11H12ClN3O/c1-7-2-3-8-9(6-7)14-11(13-8)15-10(16)4-5-12/h2-3,6H,4-5H2,1H3,(H2,13,14,15,16). The summed E-state index contributed by atoms with van der Waals surface area (Å²) in [6.07, 6.45) is 0.289. The fourth-order valence-corrected chi connectivity index (χ4v) is 1.63. The Kier molecular flexibility index (Phi) is 3.10. The van der Waals surface area contributed by atoms with Gasteiger partial charge in [-0.2, -0.15) is 0 Å². The average Bonchev–Trinajstić information content (AvgIpc) is 2.59. The molecule has 4 nitrogen and oxygen atoms in total. The van der Waals surface area contributed by atoms with Gasteiger partial charge in [-0.15, -0.1) is 11.6 Å². The van der Waals surface area contributed by atoms with Crippen molar-refractivity contribution >= 4 is 34.5 Å². The molecule has 0 spiro atoms. The predicted octanol–water partition coefficient (Wildman–Crippen LogP) is 2.44. The number of benzene rings is 1. The lowest BCUT2D eigenvalue weighted by atomic mass is 10.2. The molecule has 16 heavy (non-hydrogen) atoms. The third kappa shape index (κ3) is 2.33. The summed E-state index contributed by atoms with van der Waals surface area (Å²) in [5.74, 6) is 0.645. The number of imidazole rings is 1. The number of nitrogens with one attached hydrogen (secondary N) is 2. The molecule has 0 saturated heterocycles. The molecule has 0 fully saturated rings. The van der Waals surface area contributed by atoms with E-state index in [2.05, 4.69) is 15.3 Å². The van der Waals surface area contributed by atoms with E-state index in [4.69, 9.17) is 11.6 Å². The monoisotopic (exact) mass is 237 g/mol. The summed E-state index contributed by atoms with van der Waals surface area (Å²) in [5.41, 5.74) is 2.91. The van der Waals surface area contributed by atoms with Crippen LogP contribution < -0.4 is 5.32 Å². The maximum Gasteiger partial charge on any atom is 0.227 e. The molecule has 0 aliphatic rings. The molecule has 1 aromatic carbocycles. The maximum absolute atomic E-state index is 11.3. The molecule has 0 aliphatic carbocycles. The first kappa shape index (κ1) is 11.0. The van der Waals surface area contributed by atoms with Crippen LogP contribution in [0.3, 0.4) is 0 Å². The molecule has 5 heteroatoms. The number of hydrogen-bond donors (Lipinski definition) is 2. The van der Waals surface area contributed by atoms with Gasteiger partial charge in [-0.05, 0) is 24.6 Å². The number of amides is 1. The number of alkyl halides is 1. The Labute approximate surface area is 98.0 Å². The second-order valence-corrected chi connectivity index (χ2v) is 3.97. The van der Waals surface area contributed by atoms with E-state index < -0.39 is 0 Å². The Bertz CT molecular complexity index is 521. The molecule has 2 rings (SSSR count). The molecule has 0 unspecified atom stereocenters. The van der Waals surface area contributed by atoms with E-state index in [1.54, 1.807) is 0 Å². The van der Waals surface area contributed by atoms with E-state index in [0.717, 1.165) is 16.6 Å². The topological polar surface area (TPSA) is 57.8 Å². The highest BCUT2D eigenvalue weighted by molar-refractivity contribution is 6.19. The van der Waals surface area contributed by atoms with Gasteiger partial charge in [-0.1, -0.05) is 6.07 Å². The normalized spacial score (nSPS) is 10.6. The second kappa shape index (κ2) is 4.53. The Morgan fingerprint density at radius 1 is 1.56 bits per heavy atom. The lowest BCUT2D eigenvalue weighted by Gasteiger charge is -1.97. The molecule has 2 N–H and O–H groups in total. The van der Waals surface area contributed by atoms with Crippen LogP contribution in [-0.4, -0.2) is 21.8 Å². The molecule has 0 radical (unpaired) electrons. The van der Waals surface area contributed by atoms with Crippen molar-refractivity contribution in [2.24, 2.45) is 0 Å². The molecule has 1 aromatic heterocycles. The summed E-state index contributed by atoms with van der Waals surface area (Å²) < 4.78 is 0. The van der Waals surface area contributed by atoms with Crippen LogP contribution in [0.15, 0.2) is 18.2 Å². The molecule has 84 valence electrons. The van der Waals surface area contributed by atoms with Crippen LogP contribution in [0.2, 0.25) is 0 Å². The number of fused-ring (bicyclic) bond motifs is 1. The lowest BCUT2D eigenvalue weighted by molar-refractivity contribution is -0.115. The molecular weight excluding hydrogens is 226 g/mol. The van der Waals surface area contributed by atoms with Gasteiger partial charge in [0, 0.05) is 12.3 Å². The molecule has 1 amide bonds. The van der Waals surface area contributed by atoms with Gasteiger partial charge in [0.2, 0.25) is 11.9 Å². The minimum absolute atomic E-state index is 0.134. The van der Waals surface area contributed by atoms with E-state index in [0.29, 0.717) is 11.8 Å². The van der Waals surface area contributed by atoms with E-state index >= 15 is 0 Å². The van der Waals surface area contributed by atoms with Gasteiger partial charge in [-0.3, -0.25) is 10.1 Å². The highest BCUT2D eigenvalue weighted by Gasteiger charge is 2.06. The predicted molar refractivity (Wildman–Crippen MR) is 64.8 cm³/mol. The first-order valence-corrected chi connectivity index (χ1v) is 5.54. The van der Waals surface area contributed by atoms with Crippen molar-refractivity contribution in [2.75, 3.05) is 11.2 Å². The van der Waals surface area contributed by atoms with Crippen LogP contribution in [0.1, 0.15) is 12.0 Å². The molecule has 2 aromatic rings. The first-order chi connectivity index (χ1) is 7.69. The number of carbonyl (C=O) groups is 1. The third-order valence-corrected chi connectivity index (χ3v) is 2.41. The number of H-pyrrole nitrogens is 1. The Morgan fingerprint density at radius 3 is 3.12 bits per heavy atom. The van der Waals surface area contributed by atoms with Gasteiger partial charge < -0.3 is 4.98 Å². The van der Waals surface area contributed by atoms with Crippen LogP contribution in [0.4, 0.5) is 5.95 Å². The van der Waals surface area contributed by atoms with Gasteiger partial charge in [0.1, 0.15) is 0 Å². The minimum atomic E-state index is -0.134. The summed E-state index contributed by atoms with van der Waals surface area (Å²) >= 11 is 5.47. The highest BCUT2D eigenvalue weighted by atomic mass is 35.5. The van der Waals surface area contributed by atoms with Gasteiger partial charge in [0.25, 0.3) is 0 Å². The Morgan fingerprint density at radius 2 is 2.38 bits per heavy atom. The maximum atomic E-state index is 11.3. The lowest BCUT2D eigenvalue weighted by Crippen LogP contribution is -2.12. The van der Waals surface area contributed by atoms with Crippen LogP contribution in [-0.2, 0) is 4.79 Å². The summed E-state index contributed by atoms with van der Waals surface area (Å²) in [4.78, 5) is 18.6. The number of aryl methyl sites for hydroxylation is 1. The second-order valence-electron chi connectivity index (χ2n) is 3.59. The van der Waals surface area contributed by atoms with Crippen molar-refractivity contribution in [1.29, 1.82) is 0 Å². The van der Waals surface area contributed by atoms with Crippen molar-refractivity contribution in [2.45, 2.75) is 13.3 Å². The van der Waals surface area contributed by atoms with Gasteiger partial charge in [0.15, 0.2) is 0 Å². The van der Waals surface area contributed by atoms with E-state index in [1.165, 1.54) is 0 Å². The Balaban J connectivity index is 2.23. The van der Waals surface area contributed by atoms with Gasteiger partial charge >= 0.3 is 0 Å². The zero-order valence-corrected chi connectivity index (χ0v) is 9.64. The largest absolute Gasteiger partial charge is 0.324 e. The number of carbonyl (C=O) groups excluding carboxylic acids is 1. The summed E-state index contributed by atoms with van der Waals surface area (Å²) in [6, 6.07) is 5.88. The van der Waals surface area contributed by atoms with Crippen LogP contribution in [0.5, 0.6) is 0 Å².